The SMILES string of the molecule is CCOc1ccc(C2C(C(=O)OC)=CN(Cc3ccc(Cl)cc3)C=C2C(=O)OC)cc1OC. The minimum atomic E-state index is -0.712. The molecule has 33 heavy (non-hydrogen) atoms. The molecule has 7 nitrogen and oxygen atoms in total. The number of methoxy groups -OCH3 is 3. The van der Waals surface area contributed by atoms with Gasteiger partial charge in [0.05, 0.1) is 45.0 Å². The number of halogens is 1. The maximum Gasteiger partial charge on any atom is 0.336 e. The van der Waals surface area contributed by atoms with Crippen LogP contribution in [0.15, 0.2) is 66.0 Å². The standard InChI is InChI=1S/C25H26ClNO6/c1-5-33-21-11-8-17(12-22(21)30-2)23-19(24(28)31-3)14-27(15-20(23)25(29)32-4)13-16-6-9-18(26)10-7-16/h6-12,14-15,23H,5,13H2,1-4H3. The lowest BCUT2D eigenvalue weighted by Crippen LogP contribution is -2.28. The first-order chi connectivity index (χ1) is 15.9. The van der Waals surface area contributed by atoms with E-state index in [-0.39, 0.29) is 0 Å². The van der Waals surface area contributed by atoms with Crippen LogP contribution in [0.25, 0.3) is 0 Å². The number of rotatable bonds is 8. The summed E-state index contributed by atoms with van der Waals surface area (Å²) in [6, 6.07) is 12.6. The van der Waals surface area contributed by atoms with E-state index in [1.54, 1.807) is 47.6 Å². The van der Waals surface area contributed by atoms with Crippen LogP contribution in [0.4, 0.5) is 0 Å². The van der Waals surface area contributed by atoms with Crippen molar-refractivity contribution in [1.82, 2.24) is 4.90 Å². The third-order valence-corrected chi connectivity index (χ3v) is 5.43. The second kappa shape index (κ2) is 10.9. The molecule has 174 valence electrons. The van der Waals surface area contributed by atoms with Gasteiger partial charge in [0.15, 0.2) is 11.5 Å². The Kier molecular flexibility index (Phi) is 8.01. The van der Waals surface area contributed by atoms with Crippen LogP contribution in [0.5, 0.6) is 11.5 Å². The van der Waals surface area contributed by atoms with Gasteiger partial charge in [0, 0.05) is 24.0 Å². The molecule has 3 rings (SSSR count). The van der Waals surface area contributed by atoms with Crippen molar-refractivity contribution in [3.63, 3.8) is 0 Å². The van der Waals surface area contributed by atoms with Crippen molar-refractivity contribution in [2.24, 2.45) is 0 Å². The van der Waals surface area contributed by atoms with Crippen LogP contribution in [0.2, 0.25) is 5.02 Å². The Hall–Kier alpha value is -3.45. The lowest BCUT2D eigenvalue weighted by molar-refractivity contribution is -0.137. The number of carbonyl (C=O) groups is 2. The minimum Gasteiger partial charge on any atom is -0.493 e. The fraction of sp³-hybridized carbons (Fsp3) is 0.280. The zero-order chi connectivity index (χ0) is 24.0. The van der Waals surface area contributed by atoms with Crippen LogP contribution >= 0.6 is 11.6 Å². The van der Waals surface area contributed by atoms with Crippen molar-refractivity contribution in [3.05, 3.63) is 82.2 Å². The van der Waals surface area contributed by atoms with E-state index in [4.69, 9.17) is 30.5 Å². The number of hydrogen-bond donors (Lipinski definition) is 0. The van der Waals surface area contributed by atoms with Gasteiger partial charge in [-0.05, 0) is 42.3 Å². The molecular formula is C25H26ClNO6. The first-order valence-corrected chi connectivity index (χ1v) is 10.7. The summed E-state index contributed by atoms with van der Waals surface area (Å²) in [7, 11) is 4.14. The fourth-order valence-electron chi connectivity index (χ4n) is 3.68. The second-order valence-electron chi connectivity index (χ2n) is 7.23. The third-order valence-electron chi connectivity index (χ3n) is 5.17. The highest BCUT2D eigenvalue weighted by Crippen LogP contribution is 2.40. The third kappa shape index (κ3) is 5.49. The molecule has 0 fully saturated rings. The van der Waals surface area contributed by atoms with E-state index >= 15 is 0 Å². The zero-order valence-corrected chi connectivity index (χ0v) is 19.7. The van der Waals surface area contributed by atoms with Crippen LogP contribution in [-0.2, 0) is 25.6 Å². The van der Waals surface area contributed by atoms with Gasteiger partial charge in [0.1, 0.15) is 0 Å². The Morgan fingerprint density at radius 1 is 0.909 bits per heavy atom. The van der Waals surface area contributed by atoms with Gasteiger partial charge in [-0.3, -0.25) is 0 Å². The summed E-state index contributed by atoms with van der Waals surface area (Å²) in [5, 5.41) is 0.624. The lowest BCUT2D eigenvalue weighted by Gasteiger charge is -2.30. The highest BCUT2D eigenvalue weighted by Gasteiger charge is 2.35. The Bertz CT molecular complexity index is 1040. The highest BCUT2D eigenvalue weighted by atomic mass is 35.5. The summed E-state index contributed by atoms with van der Waals surface area (Å²) in [6.07, 6.45) is 3.36. The highest BCUT2D eigenvalue weighted by molar-refractivity contribution is 6.30. The summed E-state index contributed by atoms with van der Waals surface area (Å²) in [4.78, 5) is 27.4. The van der Waals surface area contributed by atoms with Crippen molar-refractivity contribution in [2.45, 2.75) is 19.4 Å². The molecule has 0 aromatic heterocycles. The van der Waals surface area contributed by atoms with Gasteiger partial charge in [-0.25, -0.2) is 9.59 Å². The van der Waals surface area contributed by atoms with Crippen LogP contribution in [0.3, 0.4) is 0 Å². The molecule has 0 saturated heterocycles. The fourth-order valence-corrected chi connectivity index (χ4v) is 3.80. The van der Waals surface area contributed by atoms with Gasteiger partial charge >= 0.3 is 11.9 Å². The number of hydrogen-bond acceptors (Lipinski definition) is 7. The molecule has 2 aromatic rings. The number of carbonyl (C=O) groups excluding carboxylic acids is 2. The van der Waals surface area contributed by atoms with E-state index in [1.807, 2.05) is 19.1 Å². The molecule has 0 saturated carbocycles. The van der Waals surface area contributed by atoms with Gasteiger partial charge in [0.2, 0.25) is 0 Å². The number of ether oxygens (including phenoxy) is 4. The summed E-state index contributed by atoms with van der Waals surface area (Å²) in [5.41, 5.74) is 2.19. The molecule has 0 N–H and O–H groups in total. The molecular weight excluding hydrogens is 446 g/mol. The first kappa shape index (κ1) is 24.2. The predicted molar refractivity (Wildman–Crippen MR) is 124 cm³/mol. The lowest BCUT2D eigenvalue weighted by atomic mass is 9.83. The molecule has 0 amide bonds. The Morgan fingerprint density at radius 2 is 1.52 bits per heavy atom. The van der Waals surface area contributed by atoms with E-state index in [0.717, 1.165) is 5.56 Å². The van der Waals surface area contributed by atoms with Crippen molar-refractivity contribution in [3.8, 4) is 11.5 Å². The molecule has 0 spiro atoms. The summed E-state index contributed by atoms with van der Waals surface area (Å²) in [6.45, 7) is 2.76. The minimum absolute atomic E-state index is 0.292. The molecule has 1 heterocycles. The summed E-state index contributed by atoms with van der Waals surface area (Å²) < 4.78 is 21.2. The molecule has 0 radical (unpaired) electrons. The van der Waals surface area contributed by atoms with Crippen LogP contribution in [0.1, 0.15) is 24.0 Å². The molecule has 0 aliphatic carbocycles. The van der Waals surface area contributed by atoms with Crippen LogP contribution < -0.4 is 9.47 Å². The first-order valence-electron chi connectivity index (χ1n) is 10.3. The number of esters is 2. The Morgan fingerprint density at radius 3 is 2.03 bits per heavy atom. The maximum absolute atomic E-state index is 12.8. The van der Waals surface area contributed by atoms with E-state index in [0.29, 0.717) is 46.4 Å². The van der Waals surface area contributed by atoms with Gasteiger partial charge in [-0.15, -0.1) is 0 Å². The largest absolute Gasteiger partial charge is 0.493 e. The van der Waals surface area contributed by atoms with E-state index < -0.39 is 17.9 Å². The molecule has 1 aliphatic heterocycles. The van der Waals surface area contributed by atoms with Crippen molar-refractivity contribution in [1.29, 1.82) is 0 Å². The molecule has 0 atom stereocenters. The van der Waals surface area contributed by atoms with E-state index in [1.165, 1.54) is 21.3 Å². The smallest absolute Gasteiger partial charge is 0.336 e. The quantitative estimate of drug-likeness (QED) is 0.526. The molecule has 8 heteroatoms. The van der Waals surface area contributed by atoms with Gasteiger partial charge < -0.3 is 23.8 Å². The Labute approximate surface area is 198 Å². The van der Waals surface area contributed by atoms with E-state index in [9.17, 15) is 9.59 Å². The monoisotopic (exact) mass is 471 g/mol. The summed E-state index contributed by atoms with van der Waals surface area (Å²) in [5.74, 6) is -0.759. The number of nitrogens with zero attached hydrogens (tertiary/aromatic N) is 1. The topological polar surface area (TPSA) is 74.3 Å². The number of benzene rings is 2. The van der Waals surface area contributed by atoms with Crippen molar-refractivity contribution < 1.29 is 28.5 Å². The van der Waals surface area contributed by atoms with Crippen LogP contribution in [-0.4, -0.2) is 44.8 Å². The average Bonchev–Trinajstić information content (AvgIpc) is 2.84. The Balaban J connectivity index is 2.08. The molecule has 0 unspecified atom stereocenters. The molecule has 0 bridgehead atoms. The summed E-state index contributed by atoms with van der Waals surface area (Å²) >= 11 is 5.98. The normalized spacial score (nSPS) is 13.7. The van der Waals surface area contributed by atoms with Gasteiger partial charge in [-0.2, -0.15) is 0 Å². The predicted octanol–water partition coefficient (Wildman–Crippen LogP) is 4.46. The zero-order valence-electron chi connectivity index (χ0n) is 19.0. The maximum atomic E-state index is 12.8. The van der Waals surface area contributed by atoms with Crippen molar-refractivity contribution >= 4 is 23.5 Å². The van der Waals surface area contributed by atoms with Gasteiger partial charge in [-0.1, -0.05) is 29.8 Å². The second-order valence-corrected chi connectivity index (χ2v) is 7.66. The van der Waals surface area contributed by atoms with E-state index in [2.05, 4.69) is 0 Å². The average molecular weight is 472 g/mol. The van der Waals surface area contributed by atoms with Gasteiger partial charge in [0.25, 0.3) is 0 Å². The van der Waals surface area contributed by atoms with Crippen LogP contribution in [0, 0.1) is 0 Å². The molecule has 1 aliphatic rings. The molecule has 2 aromatic carbocycles. The van der Waals surface area contributed by atoms with Crippen molar-refractivity contribution in [2.75, 3.05) is 27.9 Å².